The number of carbonyl (C=O) groups is 1. The highest BCUT2D eigenvalue weighted by Gasteiger charge is 2.05. The lowest BCUT2D eigenvalue weighted by Crippen LogP contribution is -2.27. The minimum Gasteiger partial charge on any atom is -0.491 e. The second kappa shape index (κ2) is 8.88. The standard InChI is InChI=1S/C19H23NO2/c1-2-3-13-19(21)20-14-15-22-18-12-8-7-11-17(18)16-9-5-4-6-10-16/h4-12H,2-3,13-15H2,1H3,(H,20,21). The SMILES string of the molecule is CCCCC(=O)NCCOc1ccccc1-c1ccccc1. The van der Waals surface area contributed by atoms with Crippen molar-refractivity contribution in [2.75, 3.05) is 13.2 Å². The second-order valence-electron chi connectivity index (χ2n) is 5.16. The molecule has 0 aliphatic rings. The summed E-state index contributed by atoms with van der Waals surface area (Å²) in [5.74, 6) is 0.943. The van der Waals surface area contributed by atoms with E-state index >= 15 is 0 Å². The number of amides is 1. The van der Waals surface area contributed by atoms with Gasteiger partial charge in [-0.05, 0) is 18.1 Å². The van der Waals surface area contributed by atoms with Crippen molar-refractivity contribution < 1.29 is 9.53 Å². The number of rotatable bonds is 8. The Labute approximate surface area is 132 Å². The summed E-state index contributed by atoms with van der Waals surface area (Å²) in [7, 11) is 0. The van der Waals surface area contributed by atoms with E-state index in [4.69, 9.17) is 4.74 Å². The van der Waals surface area contributed by atoms with Crippen molar-refractivity contribution in [2.45, 2.75) is 26.2 Å². The molecule has 2 rings (SSSR count). The molecule has 0 atom stereocenters. The molecule has 1 N–H and O–H groups in total. The van der Waals surface area contributed by atoms with Crippen LogP contribution in [-0.4, -0.2) is 19.1 Å². The van der Waals surface area contributed by atoms with Crippen LogP contribution in [0.15, 0.2) is 54.6 Å². The van der Waals surface area contributed by atoms with Gasteiger partial charge in [-0.3, -0.25) is 4.79 Å². The van der Waals surface area contributed by atoms with Gasteiger partial charge in [-0.1, -0.05) is 61.9 Å². The molecule has 0 radical (unpaired) electrons. The number of carbonyl (C=O) groups excluding carboxylic acids is 1. The Balaban J connectivity index is 1.87. The van der Waals surface area contributed by atoms with E-state index in [1.807, 2.05) is 42.5 Å². The molecular formula is C19H23NO2. The van der Waals surface area contributed by atoms with E-state index in [9.17, 15) is 4.79 Å². The third-order valence-corrected chi connectivity index (χ3v) is 3.41. The number of unbranched alkanes of at least 4 members (excludes halogenated alkanes) is 1. The van der Waals surface area contributed by atoms with Gasteiger partial charge in [0.1, 0.15) is 12.4 Å². The molecule has 0 unspecified atom stereocenters. The summed E-state index contributed by atoms with van der Waals surface area (Å²) < 4.78 is 5.83. The van der Waals surface area contributed by atoms with Gasteiger partial charge in [0.25, 0.3) is 0 Å². The number of hydrogen-bond donors (Lipinski definition) is 1. The van der Waals surface area contributed by atoms with Crippen molar-refractivity contribution in [1.29, 1.82) is 0 Å². The van der Waals surface area contributed by atoms with Crippen molar-refractivity contribution in [1.82, 2.24) is 5.32 Å². The number of para-hydroxylation sites is 1. The number of nitrogens with one attached hydrogen (secondary N) is 1. The molecule has 0 aliphatic carbocycles. The highest BCUT2D eigenvalue weighted by molar-refractivity contribution is 5.75. The van der Waals surface area contributed by atoms with Gasteiger partial charge >= 0.3 is 0 Å². The zero-order chi connectivity index (χ0) is 15.6. The van der Waals surface area contributed by atoms with E-state index in [1.165, 1.54) is 0 Å². The van der Waals surface area contributed by atoms with E-state index < -0.39 is 0 Å². The van der Waals surface area contributed by atoms with E-state index in [-0.39, 0.29) is 5.91 Å². The Kier molecular flexibility index (Phi) is 6.49. The summed E-state index contributed by atoms with van der Waals surface area (Å²) in [6.45, 7) is 3.09. The fraction of sp³-hybridized carbons (Fsp3) is 0.316. The third kappa shape index (κ3) is 4.92. The van der Waals surface area contributed by atoms with Crippen LogP contribution in [0.25, 0.3) is 11.1 Å². The van der Waals surface area contributed by atoms with Crippen molar-refractivity contribution >= 4 is 5.91 Å². The summed E-state index contributed by atoms with van der Waals surface area (Å²) >= 11 is 0. The molecule has 0 saturated carbocycles. The average molecular weight is 297 g/mol. The Bertz CT molecular complexity index is 581. The fourth-order valence-electron chi connectivity index (χ4n) is 2.23. The molecule has 3 heteroatoms. The van der Waals surface area contributed by atoms with Gasteiger partial charge in [-0.2, -0.15) is 0 Å². The molecule has 0 aromatic heterocycles. The van der Waals surface area contributed by atoms with Crippen LogP contribution in [0, 0.1) is 0 Å². The maximum Gasteiger partial charge on any atom is 0.220 e. The van der Waals surface area contributed by atoms with Crippen LogP contribution in [0.2, 0.25) is 0 Å². The van der Waals surface area contributed by atoms with Gasteiger partial charge in [0, 0.05) is 12.0 Å². The molecule has 2 aromatic carbocycles. The minimum atomic E-state index is 0.0989. The molecule has 0 saturated heterocycles. The lowest BCUT2D eigenvalue weighted by molar-refractivity contribution is -0.121. The smallest absolute Gasteiger partial charge is 0.220 e. The zero-order valence-electron chi connectivity index (χ0n) is 13.0. The molecule has 22 heavy (non-hydrogen) atoms. The highest BCUT2D eigenvalue weighted by atomic mass is 16.5. The molecule has 3 nitrogen and oxygen atoms in total. The van der Waals surface area contributed by atoms with Gasteiger partial charge in [0.15, 0.2) is 0 Å². The first-order valence-electron chi connectivity index (χ1n) is 7.85. The molecule has 116 valence electrons. The first-order valence-corrected chi connectivity index (χ1v) is 7.85. The molecule has 0 heterocycles. The summed E-state index contributed by atoms with van der Waals surface area (Å²) in [6.07, 6.45) is 2.56. The Morgan fingerprint density at radius 2 is 1.77 bits per heavy atom. The third-order valence-electron chi connectivity index (χ3n) is 3.41. The maximum absolute atomic E-state index is 11.5. The summed E-state index contributed by atoms with van der Waals surface area (Å²) in [5.41, 5.74) is 2.20. The Hall–Kier alpha value is -2.29. The number of benzene rings is 2. The lowest BCUT2D eigenvalue weighted by Gasteiger charge is -2.12. The molecule has 1 amide bonds. The topological polar surface area (TPSA) is 38.3 Å². The van der Waals surface area contributed by atoms with Crippen LogP contribution < -0.4 is 10.1 Å². The first kappa shape index (κ1) is 16.1. The van der Waals surface area contributed by atoms with Gasteiger partial charge in [0.2, 0.25) is 5.91 Å². The van der Waals surface area contributed by atoms with Gasteiger partial charge in [-0.25, -0.2) is 0 Å². The van der Waals surface area contributed by atoms with Crippen LogP contribution >= 0.6 is 0 Å². The van der Waals surface area contributed by atoms with Crippen LogP contribution in [0.4, 0.5) is 0 Å². The minimum absolute atomic E-state index is 0.0989. The number of hydrogen-bond acceptors (Lipinski definition) is 2. The maximum atomic E-state index is 11.5. The molecular weight excluding hydrogens is 274 g/mol. The first-order chi connectivity index (χ1) is 10.8. The van der Waals surface area contributed by atoms with E-state index in [1.54, 1.807) is 0 Å². The van der Waals surface area contributed by atoms with Gasteiger partial charge in [-0.15, -0.1) is 0 Å². The lowest BCUT2D eigenvalue weighted by atomic mass is 10.1. The highest BCUT2D eigenvalue weighted by Crippen LogP contribution is 2.29. The molecule has 0 aliphatic heterocycles. The Morgan fingerprint density at radius 3 is 2.55 bits per heavy atom. The van der Waals surface area contributed by atoms with Gasteiger partial charge < -0.3 is 10.1 Å². The fourth-order valence-corrected chi connectivity index (χ4v) is 2.23. The monoisotopic (exact) mass is 297 g/mol. The van der Waals surface area contributed by atoms with E-state index in [2.05, 4.69) is 24.4 Å². The van der Waals surface area contributed by atoms with Crippen LogP contribution in [0.5, 0.6) is 5.75 Å². The molecule has 0 spiro atoms. The van der Waals surface area contributed by atoms with Crippen molar-refractivity contribution in [3.63, 3.8) is 0 Å². The number of ether oxygens (including phenoxy) is 1. The summed E-state index contributed by atoms with van der Waals surface area (Å²) in [5, 5.41) is 2.88. The predicted octanol–water partition coefficient (Wildman–Crippen LogP) is 4.04. The van der Waals surface area contributed by atoms with Crippen LogP contribution in [0.1, 0.15) is 26.2 Å². The molecule has 2 aromatic rings. The second-order valence-corrected chi connectivity index (χ2v) is 5.16. The van der Waals surface area contributed by atoms with Gasteiger partial charge in [0.05, 0.1) is 6.54 Å². The average Bonchev–Trinajstić information content (AvgIpc) is 2.58. The quantitative estimate of drug-likeness (QED) is 0.747. The van der Waals surface area contributed by atoms with Crippen LogP contribution in [-0.2, 0) is 4.79 Å². The van der Waals surface area contributed by atoms with Crippen molar-refractivity contribution in [2.24, 2.45) is 0 Å². The van der Waals surface area contributed by atoms with Crippen molar-refractivity contribution in [3.8, 4) is 16.9 Å². The zero-order valence-corrected chi connectivity index (χ0v) is 13.0. The van der Waals surface area contributed by atoms with E-state index in [0.717, 1.165) is 29.7 Å². The van der Waals surface area contributed by atoms with Crippen molar-refractivity contribution in [3.05, 3.63) is 54.6 Å². The summed E-state index contributed by atoms with van der Waals surface area (Å²) in [4.78, 5) is 11.5. The Morgan fingerprint density at radius 1 is 1.05 bits per heavy atom. The van der Waals surface area contributed by atoms with E-state index in [0.29, 0.717) is 19.6 Å². The normalized spacial score (nSPS) is 10.2. The predicted molar refractivity (Wildman–Crippen MR) is 89.9 cm³/mol. The van der Waals surface area contributed by atoms with Crippen LogP contribution in [0.3, 0.4) is 0 Å². The summed E-state index contributed by atoms with van der Waals surface area (Å²) in [6, 6.07) is 18.1. The molecule has 0 bridgehead atoms. The largest absolute Gasteiger partial charge is 0.491 e. The molecule has 0 fully saturated rings.